The normalized spacial score (nSPS) is 10.6. The first-order valence-corrected chi connectivity index (χ1v) is 10.2. The van der Waals surface area contributed by atoms with Crippen molar-refractivity contribution in [1.29, 1.82) is 0 Å². The Bertz CT molecular complexity index is 440. The summed E-state index contributed by atoms with van der Waals surface area (Å²) in [4.78, 5) is 10.4. The van der Waals surface area contributed by atoms with Crippen molar-refractivity contribution in [3.63, 3.8) is 0 Å². The Hall–Kier alpha value is 0.680. The molecule has 1 N–H and O–H groups in total. The summed E-state index contributed by atoms with van der Waals surface area (Å²) >= 11 is 6.95. The Kier molecular flexibility index (Phi) is 10.6. The summed E-state index contributed by atoms with van der Waals surface area (Å²) < 4.78 is 9.45. The lowest BCUT2D eigenvalue weighted by atomic mass is 10.1. The van der Waals surface area contributed by atoms with Gasteiger partial charge in [-0.15, -0.1) is 0 Å². The minimum Gasteiger partial charge on any atom is -0.491 e. The van der Waals surface area contributed by atoms with E-state index in [1.54, 1.807) is 0 Å². The third-order valence-corrected chi connectivity index (χ3v) is 5.22. The van der Waals surface area contributed by atoms with Crippen LogP contribution >= 0.6 is 67.8 Å². The van der Waals surface area contributed by atoms with Crippen molar-refractivity contribution in [2.45, 2.75) is 44.9 Å². The molecule has 0 saturated heterocycles. The van der Waals surface area contributed by atoms with Crippen molar-refractivity contribution in [3.8, 4) is 5.75 Å². The summed E-state index contributed by atoms with van der Waals surface area (Å²) in [6, 6.07) is 4.25. The molecule has 1 rings (SSSR count). The molecule has 1 aromatic carbocycles. The molecule has 0 aliphatic carbocycles. The largest absolute Gasteiger partial charge is 0.491 e. The highest BCUT2D eigenvalue weighted by Gasteiger charge is 2.07. The molecule has 0 aromatic heterocycles. The number of hydrogen-bond donors (Lipinski definition) is 1. The molecule has 3 nitrogen and oxygen atoms in total. The SMILES string of the molecule is O=C(O)CCCCCCCCOc1c(I)cc(I)cc1I. The Labute approximate surface area is 167 Å². The maximum absolute atomic E-state index is 10.4. The molecular formula is C15H19I3O3. The molecule has 6 heteroatoms. The molecule has 0 spiro atoms. The fourth-order valence-electron chi connectivity index (χ4n) is 1.93. The van der Waals surface area contributed by atoms with Crippen LogP contribution < -0.4 is 4.74 Å². The third-order valence-electron chi connectivity index (χ3n) is 2.99. The molecule has 0 heterocycles. The van der Waals surface area contributed by atoms with E-state index in [0.29, 0.717) is 6.42 Å². The van der Waals surface area contributed by atoms with Gasteiger partial charge in [-0.25, -0.2) is 0 Å². The van der Waals surface area contributed by atoms with E-state index in [-0.39, 0.29) is 0 Å². The molecule has 0 atom stereocenters. The van der Waals surface area contributed by atoms with Gasteiger partial charge in [-0.05, 0) is 92.7 Å². The average molecular weight is 628 g/mol. The molecule has 0 aliphatic heterocycles. The van der Waals surface area contributed by atoms with Crippen LogP contribution in [0.25, 0.3) is 0 Å². The predicted molar refractivity (Wildman–Crippen MR) is 110 cm³/mol. The number of unbranched alkanes of at least 4 members (excludes halogenated alkanes) is 5. The van der Waals surface area contributed by atoms with Gasteiger partial charge in [0.1, 0.15) is 5.75 Å². The number of hydrogen-bond acceptors (Lipinski definition) is 2. The topological polar surface area (TPSA) is 46.5 Å². The molecule has 0 radical (unpaired) electrons. The van der Waals surface area contributed by atoms with Crippen molar-refractivity contribution in [2.24, 2.45) is 0 Å². The van der Waals surface area contributed by atoms with Crippen molar-refractivity contribution < 1.29 is 14.6 Å². The van der Waals surface area contributed by atoms with E-state index in [1.165, 1.54) is 3.57 Å². The van der Waals surface area contributed by atoms with E-state index in [0.717, 1.165) is 58.0 Å². The van der Waals surface area contributed by atoms with Gasteiger partial charge in [0.2, 0.25) is 0 Å². The van der Waals surface area contributed by atoms with E-state index in [9.17, 15) is 4.79 Å². The van der Waals surface area contributed by atoms with Gasteiger partial charge in [0.25, 0.3) is 0 Å². The van der Waals surface area contributed by atoms with Crippen LogP contribution in [-0.2, 0) is 4.79 Å². The Morgan fingerprint density at radius 3 is 2.05 bits per heavy atom. The maximum Gasteiger partial charge on any atom is 0.303 e. The second-order valence-electron chi connectivity index (χ2n) is 4.81. The highest BCUT2D eigenvalue weighted by Crippen LogP contribution is 2.29. The highest BCUT2D eigenvalue weighted by molar-refractivity contribution is 14.1. The van der Waals surface area contributed by atoms with Crippen LogP contribution in [0.2, 0.25) is 0 Å². The monoisotopic (exact) mass is 628 g/mol. The molecule has 0 aliphatic rings. The molecule has 21 heavy (non-hydrogen) atoms. The van der Waals surface area contributed by atoms with Crippen molar-refractivity contribution >= 4 is 73.7 Å². The zero-order valence-corrected chi connectivity index (χ0v) is 18.2. The van der Waals surface area contributed by atoms with Crippen molar-refractivity contribution in [2.75, 3.05) is 6.61 Å². The number of aliphatic carboxylic acids is 1. The van der Waals surface area contributed by atoms with Gasteiger partial charge >= 0.3 is 5.97 Å². The molecular weight excluding hydrogens is 609 g/mol. The van der Waals surface area contributed by atoms with Crippen LogP contribution in [0.1, 0.15) is 44.9 Å². The predicted octanol–water partition coefficient (Wildman–Crippen LogP) is 5.69. The number of carbonyl (C=O) groups is 1. The first-order chi connectivity index (χ1) is 10.0. The van der Waals surface area contributed by atoms with E-state index in [2.05, 4.69) is 79.9 Å². The molecule has 0 saturated carbocycles. The highest BCUT2D eigenvalue weighted by atomic mass is 127. The van der Waals surface area contributed by atoms with Gasteiger partial charge in [0, 0.05) is 9.99 Å². The molecule has 0 bridgehead atoms. The summed E-state index contributed by atoms with van der Waals surface area (Å²) in [5, 5.41) is 8.54. The van der Waals surface area contributed by atoms with Gasteiger partial charge in [0.15, 0.2) is 0 Å². The number of carboxylic acids is 1. The number of benzene rings is 1. The first-order valence-electron chi connectivity index (χ1n) is 7.00. The first kappa shape index (κ1) is 19.7. The second-order valence-corrected chi connectivity index (χ2v) is 8.38. The standard InChI is InChI=1S/C15H19I3O3/c16-11-9-12(17)15(13(18)10-11)21-8-6-4-2-1-3-5-7-14(19)20/h9-10H,1-8H2,(H,19,20). The van der Waals surface area contributed by atoms with Crippen LogP contribution in [0.5, 0.6) is 5.75 Å². The van der Waals surface area contributed by atoms with E-state index < -0.39 is 5.97 Å². The number of carboxylic acid groups (broad SMARTS) is 1. The molecule has 118 valence electrons. The maximum atomic E-state index is 10.4. The minimum atomic E-state index is -0.690. The lowest BCUT2D eigenvalue weighted by Gasteiger charge is -2.11. The third kappa shape index (κ3) is 8.77. The summed E-state index contributed by atoms with van der Waals surface area (Å²) in [7, 11) is 0. The fraction of sp³-hybridized carbons (Fsp3) is 0.533. The van der Waals surface area contributed by atoms with Gasteiger partial charge in [-0.2, -0.15) is 0 Å². The van der Waals surface area contributed by atoms with Crippen molar-refractivity contribution in [3.05, 3.63) is 22.8 Å². The van der Waals surface area contributed by atoms with Crippen LogP contribution in [-0.4, -0.2) is 17.7 Å². The van der Waals surface area contributed by atoms with E-state index in [1.807, 2.05) is 0 Å². The van der Waals surface area contributed by atoms with Gasteiger partial charge < -0.3 is 9.84 Å². The van der Waals surface area contributed by atoms with Crippen molar-refractivity contribution in [1.82, 2.24) is 0 Å². The summed E-state index contributed by atoms with van der Waals surface area (Å²) in [5.74, 6) is 0.309. The lowest BCUT2D eigenvalue weighted by molar-refractivity contribution is -0.137. The van der Waals surface area contributed by atoms with Gasteiger partial charge in [-0.1, -0.05) is 25.7 Å². The molecule has 0 fully saturated rings. The fourth-order valence-corrected chi connectivity index (χ4v) is 5.82. The Morgan fingerprint density at radius 1 is 0.952 bits per heavy atom. The number of halogens is 3. The smallest absolute Gasteiger partial charge is 0.303 e. The number of rotatable bonds is 10. The lowest BCUT2D eigenvalue weighted by Crippen LogP contribution is -2.01. The number of ether oxygens (including phenoxy) is 1. The Morgan fingerprint density at radius 2 is 1.48 bits per heavy atom. The van der Waals surface area contributed by atoms with Crippen LogP contribution in [0.3, 0.4) is 0 Å². The summed E-state index contributed by atoms with van der Waals surface area (Å²) in [5.41, 5.74) is 0. The van der Waals surface area contributed by atoms with Gasteiger partial charge in [-0.3, -0.25) is 4.79 Å². The van der Waals surface area contributed by atoms with Crippen LogP contribution in [0.15, 0.2) is 12.1 Å². The van der Waals surface area contributed by atoms with Crippen LogP contribution in [0, 0.1) is 10.7 Å². The molecule has 0 unspecified atom stereocenters. The van der Waals surface area contributed by atoms with E-state index >= 15 is 0 Å². The second kappa shape index (κ2) is 11.3. The quantitative estimate of drug-likeness (QED) is 0.268. The van der Waals surface area contributed by atoms with E-state index in [4.69, 9.17) is 9.84 Å². The zero-order chi connectivity index (χ0) is 15.7. The summed E-state index contributed by atoms with van der Waals surface area (Å²) in [6.45, 7) is 0.752. The van der Waals surface area contributed by atoms with Gasteiger partial charge in [0.05, 0.1) is 13.7 Å². The zero-order valence-electron chi connectivity index (χ0n) is 11.7. The summed E-state index contributed by atoms with van der Waals surface area (Å²) in [6.07, 6.45) is 6.58. The molecule has 0 amide bonds. The average Bonchev–Trinajstić information content (AvgIpc) is 2.38. The minimum absolute atomic E-state index is 0.298. The molecule has 1 aromatic rings. The Balaban J connectivity index is 2.11. The van der Waals surface area contributed by atoms with Crippen LogP contribution in [0.4, 0.5) is 0 Å².